The van der Waals surface area contributed by atoms with Crippen molar-refractivity contribution in [1.82, 2.24) is 19.4 Å². The lowest BCUT2D eigenvalue weighted by Crippen LogP contribution is -2.27. The maximum absolute atomic E-state index is 12.9. The van der Waals surface area contributed by atoms with Crippen LogP contribution in [0.15, 0.2) is 41.5 Å². The molecule has 0 bridgehead atoms. The predicted octanol–water partition coefficient (Wildman–Crippen LogP) is 0.782. The Morgan fingerprint density at radius 1 is 1.29 bits per heavy atom. The highest BCUT2D eigenvalue weighted by atomic mass is 19.1. The number of carbonyl (C=O) groups is 1. The third-order valence-corrected chi connectivity index (χ3v) is 2.91. The van der Waals surface area contributed by atoms with Crippen molar-refractivity contribution in [2.45, 2.75) is 6.54 Å². The van der Waals surface area contributed by atoms with Crippen LogP contribution in [0.2, 0.25) is 0 Å². The van der Waals surface area contributed by atoms with Crippen LogP contribution >= 0.6 is 0 Å². The van der Waals surface area contributed by atoms with Gasteiger partial charge in [-0.2, -0.15) is 10.2 Å². The molecule has 8 heteroatoms. The first kappa shape index (κ1) is 13.0. The lowest BCUT2D eigenvalue weighted by Gasteiger charge is -1.99. The zero-order valence-electron chi connectivity index (χ0n) is 10.6. The highest BCUT2D eigenvalue weighted by Crippen LogP contribution is 2.18. The van der Waals surface area contributed by atoms with Crippen molar-refractivity contribution in [2.24, 2.45) is 0 Å². The van der Waals surface area contributed by atoms with Gasteiger partial charge in [0.2, 0.25) is 0 Å². The molecule has 0 saturated carbocycles. The van der Waals surface area contributed by atoms with Gasteiger partial charge in [0, 0.05) is 5.56 Å². The molecule has 0 aliphatic rings. The summed E-state index contributed by atoms with van der Waals surface area (Å²) in [6.07, 6.45) is 1.26. The smallest absolute Gasteiger partial charge is 0.325 e. The van der Waals surface area contributed by atoms with Gasteiger partial charge in [0.1, 0.15) is 24.2 Å². The summed E-state index contributed by atoms with van der Waals surface area (Å²) in [7, 11) is 0. The SMILES string of the molecule is O=C(O)Cn1ncn2nc(-c3ccc(F)cc3)cc2c1=O. The van der Waals surface area contributed by atoms with Crippen LogP contribution < -0.4 is 5.56 Å². The minimum Gasteiger partial charge on any atom is -0.480 e. The number of carboxylic acid groups (broad SMARTS) is 1. The van der Waals surface area contributed by atoms with E-state index in [0.29, 0.717) is 11.3 Å². The van der Waals surface area contributed by atoms with Gasteiger partial charge in [-0.3, -0.25) is 9.59 Å². The van der Waals surface area contributed by atoms with Crippen molar-refractivity contribution >= 4 is 11.5 Å². The Labute approximate surface area is 116 Å². The molecule has 3 rings (SSSR count). The lowest BCUT2D eigenvalue weighted by molar-refractivity contribution is -0.138. The van der Waals surface area contributed by atoms with E-state index in [1.165, 1.54) is 29.0 Å². The molecule has 1 N–H and O–H groups in total. The molecule has 2 aromatic heterocycles. The number of rotatable bonds is 3. The third-order valence-electron chi connectivity index (χ3n) is 2.91. The van der Waals surface area contributed by atoms with E-state index in [9.17, 15) is 14.0 Å². The van der Waals surface area contributed by atoms with E-state index in [4.69, 9.17) is 5.11 Å². The normalized spacial score (nSPS) is 10.9. The van der Waals surface area contributed by atoms with Crippen molar-refractivity contribution in [1.29, 1.82) is 0 Å². The van der Waals surface area contributed by atoms with Crippen LogP contribution in [0, 0.1) is 5.82 Å². The Bertz CT molecular complexity index is 883. The Morgan fingerprint density at radius 2 is 2.00 bits per heavy atom. The van der Waals surface area contributed by atoms with E-state index >= 15 is 0 Å². The fourth-order valence-electron chi connectivity index (χ4n) is 1.94. The molecule has 0 atom stereocenters. The Kier molecular flexibility index (Phi) is 2.98. The van der Waals surface area contributed by atoms with Crippen molar-refractivity contribution < 1.29 is 14.3 Å². The zero-order valence-corrected chi connectivity index (χ0v) is 10.6. The Hall–Kier alpha value is -3.03. The average molecular weight is 288 g/mol. The first-order valence-electron chi connectivity index (χ1n) is 5.98. The zero-order chi connectivity index (χ0) is 15.0. The minimum atomic E-state index is -1.16. The summed E-state index contributed by atoms with van der Waals surface area (Å²) in [5.41, 5.74) is 0.762. The largest absolute Gasteiger partial charge is 0.480 e. The van der Waals surface area contributed by atoms with Gasteiger partial charge in [0.15, 0.2) is 0 Å². The second kappa shape index (κ2) is 4.82. The van der Waals surface area contributed by atoms with E-state index < -0.39 is 18.1 Å². The summed E-state index contributed by atoms with van der Waals surface area (Å²) in [6.45, 7) is -0.521. The number of nitrogens with zero attached hydrogens (tertiary/aromatic N) is 4. The molecule has 0 radical (unpaired) electrons. The van der Waals surface area contributed by atoms with Crippen LogP contribution in [0.5, 0.6) is 0 Å². The molecule has 2 heterocycles. The number of hydrogen-bond acceptors (Lipinski definition) is 4. The quantitative estimate of drug-likeness (QED) is 0.769. The second-order valence-electron chi connectivity index (χ2n) is 4.35. The van der Waals surface area contributed by atoms with E-state index in [2.05, 4.69) is 10.2 Å². The van der Waals surface area contributed by atoms with Crippen LogP contribution in [0.4, 0.5) is 4.39 Å². The second-order valence-corrected chi connectivity index (χ2v) is 4.35. The summed E-state index contributed by atoms with van der Waals surface area (Å²) in [5.74, 6) is -1.53. The topological polar surface area (TPSA) is 89.5 Å². The molecule has 0 aliphatic heterocycles. The predicted molar refractivity (Wildman–Crippen MR) is 70.3 cm³/mol. The van der Waals surface area contributed by atoms with Crippen LogP contribution in [-0.2, 0) is 11.3 Å². The van der Waals surface area contributed by atoms with Gasteiger partial charge in [-0.1, -0.05) is 0 Å². The molecular weight excluding hydrogens is 279 g/mol. The molecule has 0 amide bonds. The summed E-state index contributed by atoms with van der Waals surface area (Å²) in [4.78, 5) is 22.7. The van der Waals surface area contributed by atoms with Crippen LogP contribution in [-0.4, -0.2) is 30.5 Å². The molecule has 0 unspecified atom stereocenters. The van der Waals surface area contributed by atoms with Gasteiger partial charge in [-0.05, 0) is 30.3 Å². The van der Waals surface area contributed by atoms with Crippen LogP contribution in [0.3, 0.4) is 0 Å². The Morgan fingerprint density at radius 3 is 2.67 bits per heavy atom. The molecule has 21 heavy (non-hydrogen) atoms. The molecule has 7 nitrogen and oxygen atoms in total. The molecule has 106 valence electrons. The van der Waals surface area contributed by atoms with E-state index in [0.717, 1.165) is 4.68 Å². The third kappa shape index (κ3) is 2.38. The number of aliphatic carboxylic acids is 1. The first-order chi connectivity index (χ1) is 10.0. The average Bonchev–Trinajstić information content (AvgIpc) is 2.87. The first-order valence-corrected chi connectivity index (χ1v) is 5.98. The van der Waals surface area contributed by atoms with Crippen molar-refractivity contribution in [3.8, 4) is 11.3 Å². The number of aromatic nitrogens is 4. The number of halogens is 1. The summed E-state index contributed by atoms with van der Waals surface area (Å²) >= 11 is 0. The molecule has 1 aromatic carbocycles. The van der Waals surface area contributed by atoms with Gasteiger partial charge in [0.05, 0.1) is 5.69 Å². The summed E-state index contributed by atoms with van der Waals surface area (Å²) < 4.78 is 15.0. The molecular formula is C13H9FN4O3. The fourth-order valence-corrected chi connectivity index (χ4v) is 1.94. The monoisotopic (exact) mass is 288 g/mol. The summed E-state index contributed by atoms with van der Waals surface area (Å²) in [6, 6.07) is 7.18. The van der Waals surface area contributed by atoms with E-state index in [1.54, 1.807) is 12.1 Å². The number of benzene rings is 1. The Balaban J connectivity index is 2.12. The number of fused-ring (bicyclic) bond motifs is 1. The lowest BCUT2D eigenvalue weighted by atomic mass is 10.1. The fraction of sp³-hybridized carbons (Fsp3) is 0.0769. The molecule has 0 saturated heterocycles. The molecule has 0 spiro atoms. The highest BCUT2D eigenvalue weighted by Gasteiger charge is 2.11. The van der Waals surface area contributed by atoms with Gasteiger partial charge in [-0.15, -0.1) is 0 Å². The van der Waals surface area contributed by atoms with Crippen molar-refractivity contribution in [3.05, 3.63) is 52.8 Å². The van der Waals surface area contributed by atoms with Crippen molar-refractivity contribution in [3.63, 3.8) is 0 Å². The van der Waals surface area contributed by atoms with E-state index in [1.807, 2.05) is 0 Å². The summed E-state index contributed by atoms with van der Waals surface area (Å²) in [5, 5.41) is 16.6. The highest BCUT2D eigenvalue weighted by molar-refractivity contribution is 5.67. The van der Waals surface area contributed by atoms with E-state index in [-0.39, 0.29) is 11.3 Å². The van der Waals surface area contributed by atoms with Gasteiger partial charge in [0.25, 0.3) is 5.56 Å². The van der Waals surface area contributed by atoms with Crippen LogP contribution in [0.25, 0.3) is 16.8 Å². The maximum Gasteiger partial charge on any atom is 0.325 e. The number of hydrogen-bond donors (Lipinski definition) is 1. The standard InChI is InChI=1S/C13H9FN4O3/c14-9-3-1-8(2-4-9)10-5-11-13(21)17(6-12(19)20)15-7-18(11)16-10/h1-5,7H,6H2,(H,19,20). The van der Waals surface area contributed by atoms with Crippen molar-refractivity contribution in [2.75, 3.05) is 0 Å². The van der Waals surface area contributed by atoms with Crippen LogP contribution in [0.1, 0.15) is 0 Å². The van der Waals surface area contributed by atoms with Gasteiger partial charge < -0.3 is 5.11 Å². The molecule has 0 aliphatic carbocycles. The van der Waals surface area contributed by atoms with Gasteiger partial charge >= 0.3 is 5.97 Å². The molecule has 0 fully saturated rings. The van der Waals surface area contributed by atoms with Gasteiger partial charge in [-0.25, -0.2) is 13.6 Å². The minimum absolute atomic E-state index is 0.200. The molecule has 3 aromatic rings. The maximum atomic E-state index is 12.9. The number of carboxylic acids is 1.